The zero-order chi connectivity index (χ0) is 21.2. The van der Waals surface area contributed by atoms with Crippen molar-refractivity contribution < 1.29 is 14.7 Å². The van der Waals surface area contributed by atoms with Crippen molar-refractivity contribution in [2.45, 2.75) is 44.9 Å². The number of aliphatic hydroxyl groups excluding tert-OH is 1. The molecular formula is C24H31N3O3. The van der Waals surface area contributed by atoms with E-state index in [0.29, 0.717) is 25.9 Å². The molecule has 2 amide bonds. The molecule has 1 atom stereocenters. The van der Waals surface area contributed by atoms with Crippen LogP contribution in [0.1, 0.15) is 36.0 Å². The van der Waals surface area contributed by atoms with Crippen molar-refractivity contribution in [1.29, 1.82) is 0 Å². The lowest BCUT2D eigenvalue weighted by molar-refractivity contribution is -0.122. The minimum atomic E-state index is -0.603. The molecule has 2 aromatic carbocycles. The maximum atomic E-state index is 12.0. The minimum absolute atomic E-state index is 0.0583. The van der Waals surface area contributed by atoms with Crippen molar-refractivity contribution in [3.63, 3.8) is 0 Å². The number of rotatable bonds is 10. The number of carbonyl (C=O) groups is 2. The van der Waals surface area contributed by atoms with Crippen LogP contribution in [0.2, 0.25) is 0 Å². The zero-order valence-corrected chi connectivity index (χ0v) is 17.3. The van der Waals surface area contributed by atoms with Crippen LogP contribution in [0.15, 0.2) is 54.6 Å². The van der Waals surface area contributed by atoms with Crippen LogP contribution in [-0.4, -0.2) is 47.6 Å². The van der Waals surface area contributed by atoms with E-state index in [2.05, 4.69) is 33.7 Å². The van der Waals surface area contributed by atoms with Gasteiger partial charge in [0.05, 0.1) is 6.10 Å². The average molecular weight is 410 g/mol. The third-order valence-electron chi connectivity index (χ3n) is 5.35. The molecule has 0 fully saturated rings. The van der Waals surface area contributed by atoms with Gasteiger partial charge in [-0.05, 0) is 29.5 Å². The van der Waals surface area contributed by atoms with Crippen molar-refractivity contribution in [2.75, 3.05) is 19.6 Å². The summed E-state index contributed by atoms with van der Waals surface area (Å²) in [5.41, 5.74) is 3.74. The van der Waals surface area contributed by atoms with Crippen LogP contribution < -0.4 is 10.6 Å². The summed E-state index contributed by atoms with van der Waals surface area (Å²) in [5, 5.41) is 15.9. The Kier molecular flexibility index (Phi) is 8.41. The fourth-order valence-corrected chi connectivity index (χ4v) is 3.69. The van der Waals surface area contributed by atoms with Gasteiger partial charge in [-0.2, -0.15) is 0 Å². The Balaban J connectivity index is 1.26. The molecule has 1 aliphatic heterocycles. The topological polar surface area (TPSA) is 81.7 Å². The van der Waals surface area contributed by atoms with Crippen LogP contribution in [0.4, 0.5) is 0 Å². The number of β-amino-alcohol motifs (C(OH)–C–C–N with tert-alkyl or cyclic N) is 1. The number of benzene rings is 2. The summed E-state index contributed by atoms with van der Waals surface area (Å²) < 4.78 is 0. The monoisotopic (exact) mass is 409 g/mol. The maximum absolute atomic E-state index is 12.0. The molecule has 0 radical (unpaired) electrons. The molecule has 160 valence electrons. The molecule has 1 aliphatic rings. The Hall–Kier alpha value is -2.70. The van der Waals surface area contributed by atoms with Crippen LogP contribution in [0.5, 0.6) is 0 Å². The second-order valence-electron chi connectivity index (χ2n) is 7.83. The lowest BCUT2D eigenvalue weighted by Crippen LogP contribution is -2.42. The second-order valence-corrected chi connectivity index (χ2v) is 7.83. The molecule has 2 aromatic rings. The summed E-state index contributed by atoms with van der Waals surface area (Å²) in [5.74, 6) is -0.189. The van der Waals surface area contributed by atoms with Crippen LogP contribution >= 0.6 is 0 Å². The molecule has 0 bridgehead atoms. The third-order valence-corrected chi connectivity index (χ3v) is 5.35. The number of hydrogen-bond acceptors (Lipinski definition) is 4. The minimum Gasteiger partial charge on any atom is -0.390 e. The molecule has 0 spiro atoms. The number of fused-ring (bicyclic) bond motifs is 1. The van der Waals surface area contributed by atoms with Gasteiger partial charge in [0, 0.05) is 45.6 Å². The Morgan fingerprint density at radius 1 is 0.933 bits per heavy atom. The highest BCUT2D eigenvalue weighted by Crippen LogP contribution is 2.18. The summed E-state index contributed by atoms with van der Waals surface area (Å²) in [6.07, 6.45) is 1.47. The molecule has 3 rings (SSSR count). The van der Waals surface area contributed by atoms with Crippen LogP contribution in [0, 0.1) is 0 Å². The molecule has 1 unspecified atom stereocenters. The average Bonchev–Trinajstić information content (AvgIpc) is 2.77. The van der Waals surface area contributed by atoms with Crippen molar-refractivity contribution >= 4 is 11.8 Å². The van der Waals surface area contributed by atoms with Crippen LogP contribution in [0.25, 0.3) is 0 Å². The second kappa shape index (κ2) is 11.5. The smallest absolute Gasteiger partial charge is 0.220 e. The van der Waals surface area contributed by atoms with Gasteiger partial charge in [0.2, 0.25) is 11.8 Å². The number of hydrogen-bond donors (Lipinski definition) is 3. The molecule has 1 heterocycles. The molecule has 0 saturated heterocycles. The van der Waals surface area contributed by atoms with E-state index in [1.807, 2.05) is 36.4 Å². The van der Waals surface area contributed by atoms with E-state index in [4.69, 9.17) is 0 Å². The molecule has 6 nitrogen and oxygen atoms in total. The molecule has 0 aromatic heterocycles. The van der Waals surface area contributed by atoms with E-state index in [9.17, 15) is 14.7 Å². The SMILES string of the molecule is O=C(CCCC(=O)NCC(O)CN1CCc2ccccc2C1)NCc1ccccc1. The number of carbonyl (C=O) groups excluding carboxylic acids is 2. The molecule has 0 aliphatic carbocycles. The highest BCUT2D eigenvalue weighted by Gasteiger charge is 2.18. The van der Waals surface area contributed by atoms with E-state index < -0.39 is 6.10 Å². The van der Waals surface area contributed by atoms with Gasteiger partial charge in [0.15, 0.2) is 0 Å². The Morgan fingerprint density at radius 2 is 1.60 bits per heavy atom. The maximum Gasteiger partial charge on any atom is 0.220 e. The van der Waals surface area contributed by atoms with Crippen LogP contribution in [0.3, 0.4) is 0 Å². The van der Waals surface area contributed by atoms with Gasteiger partial charge < -0.3 is 15.7 Å². The fourth-order valence-electron chi connectivity index (χ4n) is 3.69. The highest BCUT2D eigenvalue weighted by atomic mass is 16.3. The third kappa shape index (κ3) is 7.28. The van der Waals surface area contributed by atoms with E-state index in [0.717, 1.165) is 25.1 Å². The van der Waals surface area contributed by atoms with Crippen molar-refractivity contribution in [3.05, 3.63) is 71.3 Å². The van der Waals surface area contributed by atoms with Gasteiger partial charge in [-0.15, -0.1) is 0 Å². The number of nitrogens with zero attached hydrogens (tertiary/aromatic N) is 1. The molecule has 3 N–H and O–H groups in total. The van der Waals surface area contributed by atoms with E-state index >= 15 is 0 Å². The summed E-state index contributed by atoms with van der Waals surface area (Å²) in [7, 11) is 0. The standard InChI is InChI=1S/C24H31N3O3/c28-22(18-27-14-13-20-9-4-5-10-21(20)17-27)16-26-24(30)12-6-11-23(29)25-15-19-7-2-1-3-8-19/h1-5,7-10,22,28H,6,11-18H2,(H,25,29)(H,26,30). The van der Waals surface area contributed by atoms with Gasteiger partial charge >= 0.3 is 0 Å². The lowest BCUT2D eigenvalue weighted by Gasteiger charge is -2.30. The Morgan fingerprint density at radius 3 is 2.37 bits per heavy atom. The molecule has 30 heavy (non-hydrogen) atoms. The molecule has 0 saturated carbocycles. The van der Waals surface area contributed by atoms with Gasteiger partial charge in [-0.3, -0.25) is 14.5 Å². The first-order valence-electron chi connectivity index (χ1n) is 10.6. The molecule has 6 heteroatoms. The number of amides is 2. The summed E-state index contributed by atoms with van der Waals surface area (Å²) in [6, 6.07) is 18.1. The Bertz CT molecular complexity index is 825. The zero-order valence-electron chi connectivity index (χ0n) is 17.3. The van der Waals surface area contributed by atoms with Gasteiger partial charge in [0.25, 0.3) is 0 Å². The van der Waals surface area contributed by atoms with E-state index in [-0.39, 0.29) is 24.8 Å². The largest absolute Gasteiger partial charge is 0.390 e. The molecular weight excluding hydrogens is 378 g/mol. The lowest BCUT2D eigenvalue weighted by atomic mass is 10.00. The van der Waals surface area contributed by atoms with Crippen molar-refractivity contribution in [3.8, 4) is 0 Å². The number of aliphatic hydroxyl groups is 1. The van der Waals surface area contributed by atoms with Crippen molar-refractivity contribution in [2.24, 2.45) is 0 Å². The van der Waals surface area contributed by atoms with Gasteiger partial charge in [-0.25, -0.2) is 0 Å². The fraction of sp³-hybridized carbons (Fsp3) is 0.417. The predicted molar refractivity (Wildman–Crippen MR) is 117 cm³/mol. The first kappa shape index (κ1) is 22.0. The van der Waals surface area contributed by atoms with E-state index in [1.54, 1.807) is 0 Å². The number of nitrogens with one attached hydrogen (secondary N) is 2. The van der Waals surface area contributed by atoms with Crippen LogP contribution in [-0.2, 0) is 29.1 Å². The first-order valence-corrected chi connectivity index (χ1v) is 10.6. The highest BCUT2D eigenvalue weighted by molar-refractivity contribution is 5.78. The van der Waals surface area contributed by atoms with Gasteiger partial charge in [0.1, 0.15) is 0 Å². The summed E-state index contributed by atoms with van der Waals surface area (Å²) in [6.45, 7) is 3.02. The summed E-state index contributed by atoms with van der Waals surface area (Å²) >= 11 is 0. The van der Waals surface area contributed by atoms with Gasteiger partial charge in [-0.1, -0.05) is 54.6 Å². The first-order chi connectivity index (χ1) is 14.6. The predicted octanol–water partition coefficient (Wildman–Crippen LogP) is 2.01. The van der Waals surface area contributed by atoms with E-state index in [1.165, 1.54) is 11.1 Å². The Labute approximate surface area is 178 Å². The quantitative estimate of drug-likeness (QED) is 0.561. The normalized spacial score (nSPS) is 14.6. The summed E-state index contributed by atoms with van der Waals surface area (Å²) in [4.78, 5) is 26.1. The van der Waals surface area contributed by atoms with Crippen molar-refractivity contribution in [1.82, 2.24) is 15.5 Å².